The molecule has 1 aliphatic heterocycles. The maximum Gasteiger partial charge on any atom is 0.204 e. The highest BCUT2D eigenvalue weighted by molar-refractivity contribution is 5.43. The highest BCUT2D eigenvalue weighted by atomic mass is 16.6. The lowest BCUT2D eigenvalue weighted by Gasteiger charge is -2.30. The fourth-order valence-corrected chi connectivity index (χ4v) is 2.49. The largest absolute Gasteiger partial charge is 0.497 e. The van der Waals surface area contributed by atoms with E-state index in [1.54, 1.807) is 7.11 Å². The zero-order valence-corrected chi connectivity index (χ0v) is 10.7. The van der Waals surface area contributed by atoms with Crippen LogP contribution in [0, 0.1) is 0 Å². The van der Waals surface area contributed by atoms with Crippen LogP contribution in [0.25, 0.3) is 0 Å². The van der Waals surface area contributed by atoms with E-state index in [1.165, 1.54) is 0 Å². The van der Waals surface area contributed by atoms with Crippen LogP contribution in [0.2, 0.25) is 0 Å². The van der Waals surface area contributed by atoms with Gasteiger partial charge in [-0.2, -0.15) is 0 Å². The van der Waals surface area contributed by atoms with E-state index >= 15 is 0 Å². The van der Waals surface area contributed by atoms with E-state index in [2.05, 4.69) is 0 Å². The van der Waals surface area contributed by atoms with E-state index in [4.69, 9.17) is 9.47 Å². The number of benzene rings is 2. The van der Waals surface area contributed by atoms with Crippen molar-refractivity contribution in [2.24, 2.45) is 0 Å². The second kappa shape index (κ2) is 4.94. The molecule has 0 spiro atoms. The molecule has 1 aliphatic rings. The minimum Gasteiger partial charge on any atom is -0.497 e. The number of hydrogen-bond acceptors (Lipinski definition) is 3. The van der Waals surface area contributed by atoms with Gasteiger partial charge in [0.05, 0.1) is 13.0 Å². The Labute approximate surface area is 112 Å². The van der Waals surface area contributed by atoms with E-state index in [1.807, 2.05) is 48.5 Å². The summed E-state index contributed by atoms with van der Waals surface area (Å²) in [5.41, 5.74) is 2.15. The molecule has 2 aromatic carbocycles. The van der Waals surface area contributed by atoms with Crippen LogP contribution in [-0.4, -0.2) is 18.5 Å². The van der Waals surface area contributed by atoms with E-state index in [0.717, 1.165) is 29.0 Å². The molecule has 2 unspecified atom stereocenters. The first-order valence-electron chi connectivity index (χ1n) is 6.34. The van der Waals surface area contributed by atoms with Crippen molar-refractivity contribution in [2.75, 3.05) is 7.11 Å². The van der Waals surface area contributed by atoms with Gasteiger partial charge in [0.1, 0.15) is 11.5 Å². The van der Waals surface area contributed by atoms with Gasteiger partial charge >= 0.3 is 0 Å². The Bertz CT molecular complexity index is 565. The highest BCUT2D eigenvalue weighted by Crippen LogP contribution is 2.37. The number of rotatable bonds is 2. The summed E-state index contributed by atoms with van der Waals surface area (Å²) in [4.78, 5) is 0. The summed E-state index contributed by atoms with van der Waals surface area (Å²) < 4.78 is 10.8. The van der Waals surface area contributed by atoms with Crippen molar-refractivity contribution in [3.63, 3.8) is 0 Å². The van der Waals surface area contributed by atoms with Crippen LogP contribution in [0.4, 0.5) is 0 Å². The number of aliphatic hydroxyl groups excluding tert-OH is 1. The van der Waals surface area contributed by atoms with E-state index in [0.29, 0.717) is 0 Å². The predicted octanol–water partition coefficient (Wildman–Crippen LogP) is 2.73. The second-order valence-corrected chi connectivity index (χ2v) is 4.70. The second-order valence-electron chi connectivity index (χ2n) is 4.70. The molecule has 1 heterocycles. The summed E-state index contributed by atoms with van der Waals surface area (Å²) in [6, 6.07) is 15.6. The molecule has 3 rings (SSSR count). The SMILES string of the molecule is COc1ccc2c(c1)CC(c1ccccc1)C(O)O2. The van der Waals surface area contributed by atoms with Gasteiger partial charge in [-0.15, -0.1) is 0 Å². The zero-order valence-electron chi connectivity index (χ0n) is 10.7. The standard InChI is InChI=1S/C16H16O3/c1-18-13-7-8-15-12(9-13)10-14(16(17)19-15)11-5-3-2-4-6-11/h2-9,14,16-17H,10H2,1H3. The van der Waals surface area contributed by atoms with Crippen LogP contribution in [0.1, 0.15) is 17.0 Å². The van der Waals surface area contributed by atoms with Gasteiger partial charge in [-0.05, 0) is 35.7 Å². The molecule has 0 radical (unpaired) electrons. The van der Waals surface area contributed by atoms with Crippen LogP contribution >= 0.6 is 0 Å². The van der Waals surface area contributed by atoms with Gasteiger partial charge in [0, 0.05) is 0 Å². The monoisotopic (exact) mass is 256 g/mol. The average molecular weight is 256 g/mol. The topological polar surface area (TPSA) is 38.7 Å². The molecule has 0 saturated carbocycles. The van der Waals surface area contributed by atoms with Crippen LogP contribution < -0.4 is 9.47 Å². The van der Waals surface area contributed by atoms with Crippen molar-refractivity contribution < 1.29 is 14.6 Å². The molecule has 0 aliphatic carbocycles. The molecule has 1 N–H and O–H groups in total. The molecule has 2 atom stereocenters. The summed E-state index contributed by atoms with van der Waals surface area (Å²) in [5, 5.41) is 10.1. The number of aliphatic hydroxyl groups is 1. The van der Waals surface area contributed by atoms with E-state index in [-0.39, 0.29) is 5.92 Å². The Hall–Kier alpha value is -2.00. The van der Waals surface area contributed by atoms with Crippen molar-refractivity contribution in [3.05, 3.63) is 59.7 Å². The summed E-state index contributed by atoms with van der Waals surface area (Å²) >= 11 is 0. The highest BCUT2D eigenvalue weighted by Gasteiger charge is 2.29. The van der Waals surface area contributed by atoms with Gasteiger partial charge in [0.25, 0.3) is 0 Å². The van der Waals surface area contributed by atoms with Crippen molar-refractivity contribution in [2.45, 2.75) is 18.6 Å². The summed E-state index contributed by atoms with van der Waals surface area (Å²) in [6.45, 7) is 0. The van der Waals surface area contributed by atoms with Gasteiger partial charge in [0.15, 0.2) is 0 Å². The average Bonchev–Trinajstić information content (AvgIpc) is 2.47. The van der Waals surface area contributed by atoms with Gasteiger partial charge < -0.3 is 14.6 Å². The molecular formula is C16H16O3. The Morgan fingerprint density at radius 3 is 2.68 bits per heavy atom. The Balaban J connectivity index is 1.94. The van der Waals surface area contributed by atoms with Gasteiger partial charge in [-0.25, -0.2) is 0 Å². The lowest BCUT2D eigenvalue weighted by atomic mass is 9.89. The number of hydrogen-bond donors (Lipinski definition) is 1. The van der Waals surface area contributed by atoms with Crippen molar-refractivity contribution >= 4 is 0 Å². The summed E-state index contributed by atoms with van der Waals surface area (Å²) in [5.74, 6) is 1.51. The summed E-state index contributed by atoms with van der Waals surface area (Å²) in [7, 11) is 1.65. The Morgan fingerprint density at radius 1 is 1.16 bits per heavy atom. The van der Waals surface area contributed by atoms with Crippen molar-refractivity contribution in [1.82, 2.24) is 0 Å². The van der Waals surface area contributed by atoms with Gasteiger partial charge in [-0.3, -0.25) is 0 Å². The Kier molecular flexibility index (Phi) is 3.13. The van der Waals surface area contributed by atoms with Crippen molar-refractivity contribution in [1.29, 1.82) is 0 Å². The molecule has 0 saturated heterocycles. The lowest BCUT2D eigenvalue weighted by molar-refractivity contribution is -0.0481. The fraction of sp³-hybridized carbons (Fsp3) is 0.250. The van der Waals surface area contributed by atoms with Crippen LogP contribution in [0.3, 0.4) is 0 Å². The third kappa shape index (κ3) is 2.29. The first-order chi connectivity index (χ1) is 9.28. The number of fused-ring (bicyclic) bond motifs is 1. The minimum absolute atomic E-state index is 0.0409. The quantitative estimate of drug-likeness (QED) is 0.898. The molecule has 98 valence electrons. The summed E-state index contributed by atoms with van der Waals surface area (Å²) in [6.07, 6.45) is -0.0548. The first-order valence-corrected chi connectivity index (χ1v) is 6.34. The van der Waals surface area contributed by atoms with Gasteiger partial charge in [-0.1, -0.05) is 30.3 Å². The smallest absolute Gasteiger partial charge is 0.204 e. The normalized spacial score (nSPS) is 21.4. The maximum absolute atomic E-state index is 10.1. The first kappa shape index (κ1) is 12.1. The molecule has 0 fully saturated rings. The predicted molar refractivity (Wildman–Crippen MR) is 72.5 cm³/mol. The third-order valence-corrected chi connectivity index (χ3v) is 3.53. The Morgan fingerprint density at radius 2 is 1.95 bits per heavy atom. The molecule has 0 amide bonds. The van der Waals surface area contributed by atoms with Crippen molar-refractivity contribution in [3.8, 4) is 11.5 Å². The van der Waals surface area contributed by atoms with Gasteiger partial charge in [0.2, 0.25) is 6.29 Å². The van der Waals surface area contributed by atoms with Crippen LogP contribution in [0.15, 0.2) is 48.5 Å². The van der Waals surface area contributed by atoms with E-state index in [9.17, 15) is 5.11 Å². The maximum atomic E-state index is 10.1. The lowest BCUT2D eigenvalue weighted by Crippen LogP contribution is -2.30. The molecule has 19 heavy (non-hydrogen) atoms. The number of ether oxygens (including phenoxy) is 2. The van der Waals surface area contributed by atoms with E-state index < -0.39 is 6.29 Å². The molecule has 0 aromatic heterocycles. The van der Waals surface area contributed by atoms with Crippen LogP contribution in [-0.2, 0) is 6.42 Å². The molecule has 3 nitrogen and oxygen atoms in total. The molecular weight excluding hydrogens is 240 g/mol. The molecule has 0 bridgehead atoms. The fourth-order valence-electron chi connectivity index (χ4n) is 2.49. The number of methoxy groups -OCH3 is 1. The molecule has 2 aromatic rings. The minimum atomic E-state index is -0.803. The molecule has 3 heteroatoms. The zero-order chi connectivity index (χ0) is 13.2. The van der Waals surface area contributed by atoms with Crippen LogP contribution in [0.5, 0.6) is 11.5 Å². The third-order valence-electron chi connectivity index (χ3n) is 3.53.